The van der Waals surface area contributed by atoms with Crippen LogP contribution in [-0.4, -0.2) is 30.7 Å². The number of rotatable bonds is 5. The molecule has 0 atom stereocenters. The molecule has 4 aromatic rings. The first kappa shape index (κ1) is 19.8. The molecule has 0 saturated carbocycles. The fourth-order valence-corrected chi connectivity index (χ4v) is 4.60. The molecule has 29 heavy (non-hydrogen) atoms. The molecule has 0 aliphatic carbocycles. The van der Waals surface area contributed by atoms with Gasteiger partial charge in [0.15, 0.2) is 10.7 Å². The molecule has 3 heterocycles. The summed E-state index contributed by atoms with van der Waals surface area (Å²) in [4.78, 5) is 15.4. The molecule has 0 radical (unpaired) electrons. The van der Waals surface area contributed by atoms with Gasteiger partial charge in [0.2, 0.25) is 0 Å². The second-order valence-corrected chi connectivity index (χ2v) is 8.58. The molecule has 0 unspecified atom stereocenters. The normalized spacial score (nSPS) is 11.3. The van der Waals surface area contributed by atoms with Gasteiger partial charge in [-0.2, -0.15) is 0 Å². The summed E-state index contributed by atoms with van der Waals surface area (Å²) in [6, 6.07) is 5.60. The van der Waals surface area contributed by atoms with Crippen LogP contribution in [0.5, 0.6) is 0 Å². The Bertz CT molecular complexity index is 1250. The van der Waals surface area contributed by atoms with E-state index in [9.17, 15) is 4.79 Å². The highest BCUT2D eigenvalue weighted by Gasteiger charge is 2.16. The quantitative estimate of drug-likeness (QED) is 0.440. The Morgan fingerprint density at radius 3 is 2.62 bits per heavy atom. The number of nitrogens with zero attached hydrogens (tertiary/aromatic N) is 4. The lowest BCUT2D eigenvalue weighted by atomic mass is 10.0. The van der Waals surface area contributed by atoms with E-state index in [1.807, 2.05) is 48.8 Å². The van der Waals surface area contributed by atoms with E-state index in [-0.39, 0.29) is 6.42 Å². The van der Waals surface area contributed by atoms with Crippen LogP contribution in [0.15, 0.2) is 30.6 Å². The van der Waals surface area contributed by atoms with Crippen molar-refractivity contribution in [2.75, 3.05) is 0 Å². The summed E-state index contributed by atoms with van der Waals surface area (Å²) in [5.74, 6) is -0.832. The summed E-state index contributed by atoms with van der Waals surface area (Å²) >= 11 is 14.1. The first-order chi connectivity index (χ1) is 13.8. The number of aliphatic carboxylic acids is 1. The third-order valence-corrected chi connectivity index (χ3v) is 6.12. The summed E-state index contributed by atoms with van der Waals surface area (Å²) in [7, 11) is 0. The van der Waals surface area contributed by atoms with Gasteiger partial charge in [-0.1, -0.05) is 34.5 Å². The summed E-state index contributed by atoms with van der Waals surface area (Å²) in [6.45, 7) is 3.91. The molecule has 0 spiro atoms. The van der Waals surface area contributed by atoms with Crippen molar-refractivity contribution in [3.8, 4) is 21.3 Å². The zero-order chi connectivity index (χ0) is 20.7. The predicted molar refractivity (Wildman–Crippen MR) is 115 cm³/mol. The molecule has 6 nitrogen and oxygen atoms in total. The number of carboxylic acid groups (broad SMARTS) is 1. The van der Waals surface area contributed by atoms with Gasteiger partial charge < -0.3 is 9.51 Å². The number of carbonyl (C=O) groups is 1. The number of pyridine rings is 1. The molecule has 148 valence electrons. The smallest absolute Gasteiger partial charge is 0.303 e. The Hall–Kier alpha value is -2.48. The van der Waals surface area contributed by atoms with Crippen LogP contribution in [0.2, 0.25) is 10.0 Å². The van der Waals surface area contributed by atoms with Gasteiger partial charge in [0, 0.05) is 24.4 Å². The maximum atomic E-state index is 10.8. The maximum Gasteiger partial charge on any atom is 0.303 e. The number of aromatic nitrogens is 4. The maximum absolute atomic E-state index is 10.8. The van der Waals surface area contributed by atoms with E-state index in [4.69, 9.17) is 28.3 Å². The van der Waals surface area contributed by atoms with Crippen LogP contribution in [-0.2, 0) is 11.2 Å². The Balaban J connectivity index is 1.68. The molecule has 0 bridgehead atoms. The lowest BCUT2D eigenvalue weighted by molar-refractivity contribution is -0.136. The van der Waals surface area contributed by atoms with Gasteiger partial charge in [-0.3, -0.25) is 4.79 Å². The first-order valence-electron chi connectivity index (χ1n) is 8.81. The SMILES string of the molecule is Cc1cc(Cl)c2nc(-c3nnc(-c4cc(C)c(CCC(=O)O)cc4Cl)s3)cn2c1. The van der Waals surface area contributed by atoms with Crippen molar-refractivity contribution in [3.63, 3.8) is 0 Å². The highest BCUT2D eigenvalue weighted by atomic mass is 35.5. The molecular weight excluding hydrogens is 431 g/mol. The minimum atomic E-state index is -0.832. The van der Waals surface area contributed by atoms with E-state index in [1.54, 1.807) is 0 Å². The van der Waals surface area contributed by atoms with Gasteiger partial charge >= 0.3 is 5.97 Å². The van der Waals surface area contributed by atoms with Crippen LogP contribution in [0.3, 0.4) is 0 Å². The first-order valence-corrected chi connectivity index (χ1v) is 10.4. The third kappa shape index (κ3) is 3.99. The molecule has 1 N–H and O–H groups in total. The number of aryl methyl sites for hydroxylation is 3. The van der Waals surface area contributed by atoms with Gasteiger partial charge in [0.1, 0.15) is 10.7 Å². The van der Waals surface area contributed by atoms with Crippen LogP contribution in [0, 0.1) is 13.8 Å². The average molecular weight is 447 g/mol. The summed E-state index contributed by atoms with van der Waals surface area (Å²) < 4.78 is 1.88. The fraction of sp³-hybridized carbons (Fsp3) is 0.200. The Labute approximate surface area is 180 Å². The minimum Gasteiger partial charge on any atom is -0.481 e. The lowest BCUT2D eigenvalue weighted by Crippen LogP contribution is -1.99. The van der Waals surface area contributed by atoms with E-state index in [1.165, 1.54) is 11.3 Å². The Morgan fingerprint density at radius 1 is 1.10 bits per heavy atom. The minimum absolute atomic E-state index is 0.0649. The second-order valence-electron chi connectivity index (χ2n) is 6.79. The highest BCUT2D eigenvalue weighted by molar-refractivity contribution is 7.18. The summed E-state index contributed by atoms with van der Waals surface area (Å²) in [5.41, 5.74) is 5.04. The van der Waals surface area contributed by atoms with Gasteiger partial charge in [-0.05, 0) is 55.2 Å². The van der Waals surface area contributed by atoms with E-state index >= 15 is 0 Å². The van der Waals surface area contributed by atoms with Crippen molar-refractivity contribution >= 4 is 46.2 Å². The zero-order valence-electron chi connectivity index (χ0n) is 15.6. The topological polar surface area (TPSA) is 80.4 Å². The molecule has 0 amide bonds. The number of benzene rings is 1. The van der Waals surface area contributed by atoms with E-state index in [0.29, 0.717) is 37.8 Å². The van der Waals surface area contributed by atoms with Crippen molar-refractivity contribution in [1.29, 1.82) is 0 Å². The van der Waals surface area contributed by atoms with Crippen molar-refractivity contribution in [2.45, 2.75) is 26.7 Å². The van der Waals surface area contributed by atoms with Gasteiger partial charge in [0.05, 0.1) is 10.0 Å². The molecule has 0 aliphatic heterocycles. The molecule has 1 aromatic carbocycles. The van der Waals surface area contributed by atoms with E-state index in [0.717, 1.165) is 22.3 Å². The van der Waals surface area contributed by atoms with E-state index in [2.05, 4.69) is 15.2 Å². The molecule has 0 saturated heterocycles. The zero-order valence-corrected chi connectivity index (χ0v) is 17.9. The summed E-state index contributed by atoms with van der Waals surface area (Å²) in [6.07, 6.45) is 4.33. The van der Waals surface area contributed by atoms with Crippen LogP contribution >= 0.6 is 34.5 Å². The van der Waals surface area contributed by atoms with Crippen molar-refractivity contribution < 1.29 is 9.90 Å². The van der Waals surface area contributed by atoms with Crippen LogP contribution in [0.25, 0.3) is 26.9 Å². The number of hydrogen-bond donors (Lipinski definition) is 1. The average Bonchev–Trinajstić information content (AvgIpc) is 3.28. The number of carboxylic acids is 1. The molecule has 4 rings (SSSR count). The third-order valence-electron chi connectivity index (χ3n) is 4.55. The van der Waals surface area contributed by atoms with Crippen molar-refractivity contribution in [1.82, 2.24) is 19.6 Å². The highest BCUT2D eigenvalue weighted by Crippen LogP contribution is 2.36. The number of hydrogen-bond acceptors (Lipinski definition) is 5. The summed E-state index contributed by atoms with van der Waals surface area (Å²) in [5, 5.41) is 19.9. The van der Waals surface area contributed by atoms with Crippen molar-refractivity contribution in [2.24, 2.45) is 0 Å². The largest absolute Gasteiger partial charge is 0.481 e. The van der Waals surface area contributed by atoms with Gasteiger partial charge in [0.25, 0.3) is 0 Å². The Kier molecular flexibility index (Phi) is 5.29. The number of halogens is 2. The predicted octanol–water partition coefficient (Wildman–Crippen LogP) is 5.46. The van der Waals surface area contributed by atoms with Gasteiger partial charge in [-0.15, -0.1) is 10.2 Å². The lowest BCUT2D eigenvalue weighted by Gasteiger charge is -2.08. The molecule has 0 fully saturated rings. The second kappa shape index (κ2) is 7.74. The standard InChI is InChI=1S/C20H16Cl2N4O2S/c1-10-5-15(22)18-23-16(9-26(18)8-10)20-25-24-19(29-20)13-6-11(2)12(7-14(13)21)3-4-17(27)28/h5-9H,3-4H2,1-2H3,(H,27,28). The molecule has 9 heteroatoms. The van der Waals surface area contributed by atoms with Gasteiger partial charge in [-0.25, -0.2) is 4.98 Å². The van der Waals surface area contributed by atoms with Crippen LogP contribution < -0.4 is 0 Å². The Morgan fingerprint density at radius 2 is 1.86 bits per heavy atom. The van der Waals surface area contributed by atoms with Crippen LogP contribution in [0.4, 0.5) is 0 Å². The van der Waals surface area contributed by atoms with E-state index < -0.39 is 5.97 Å². The molecule has 3 aromatic heterocycles. The monoisotopic (exact) mass is 446 g/mol. The number of imidazole rings is 1. The fourth-order valence-electron chi connectivity index (χ4n) is 3.13. The van der Waals surface area contributed by atoms with Crippen LogP contribution in [0.1, 0.15) is 23.1 Å². The molecular formula is C20H16Cl2N4O2S. The molecule has 0 aliphatic rings. The number of fused-ring (bicyclic) bond motifs is 1. The van der Waals surface area contributed by atoms with Crippen molar-refractivity contribution in [3.05, 3.63) is 57.3 Å².